The van der Waals surface area contributed by atoms with Crippen LogP contribution in [0.3, 0.4) is 0 Å². The maximum atomic E-state index is 6.34. The van der Waals surface area contributed by atoms with Crippen molar-refractivity contribution < 1.29 is 9.05 Å². The van der Waals surface area contributed by atoms with Crippen LogP contribution in [0, 0.1) is 13.8 Å². The first-order valence-corrected chi connectivity index (χ1v) is 9.01. The summed E-state index contributed by atoms with van der Waals surface area (Å²) in [6.07, 6.45) is 2.83. The predicted molar refractivity (Wildman–Crippen MR) is 107 cm³/mol. The van der Waals surface area contributed by atoms with Gasteiger partial charge in [-0.1, -0.05) is 40.1 Å². The number of pyridine rings is 1. The number of halogens is 1. The van der Waals surface area contributed by atoms with Crippen LogP contribution in [0.1, 0.15) is 36.3 Å². The molecule has 1 aliphatic rings. The van der Waals surface area contributed by atoms with E-state index in [4.69, 9.17) is 14.8 Å². The van der Waals surface area contributed by atoms with Crippen molar-refractivity contribution >= 4 is 23.5 Å². The Morgan fingerprint density at radius 2 is 1.75 bits per heavy atom. The monoisotopic (exact) mass is 397 g/mol. The second-order valence-corrected chi connectivity index (χ2v) is 7.30. The van der Waals surface area contributed by atoms with Crippen LogP contribution >= 0.6 is 12.4 Å². The van der Waals surface area contributed by atoms with Gasteiger partial charge in [-0.15, -0.1) is 12.4 Å². The van der Waals surface area contributed by atoms with Crippen LogP contribution in [0.25, 0.3) is 33.8 Å². The highest BCUT2D eigenvalue weighted by Crippen LogP contribution is 2.39. The normalized spacial score (nSPS) is 15.2. The molecule has 0 unspecified atom stereocenters. The van der Waals surface area contributed by atoms with Crippen LogP contribution in [-0.2, 0) is 5.54 Å². The number of benzene rings is 1. The molecule has 0 saturated heterocycles. The smallest absolute Gasteiger partial charge is 0.259 e. The Kier molecular flexibility index (Phi) is 4.44. The van der Waals surface area contributed by atoms with Gasteiger partial charge in [0, 0.05) is 5.56 Å². The number of nitrogens with two attached hydrogens (primary N) is 1. The zero-order valence-corrected chi connectivity index (χ0v) is 16.4. The maximum absolute atomic E-state index is 6.34. The third kappa shape index (κ3) is 2.87. The van der Waals surface area contributed by atoms with E-state index in [0.717, 1.165) is 47.2 Å². The summed E-state index contributed by atoms with van der Waals surface area (Å²) in [7, 11) is 0. The highest BCUT2D eigenvalue weighted by Gasteiger charge is 2.39. The summed E-state index contributed by atoms with van der Waals surface area (Å²) in [5, 5.41) is 8.98. The Labute approximate surface area is 167 Å². The number of rotatable bonds is 3. The fourth-order valence-electron chi connectivity index (χ4n) is 3.45. The van der Waals surface area contributed by atoms with E-state index in [9.17, 15) is 0 Å². The van der Waals surface area contributed by atoms with Crippen molar-refractivity contribution in [1.29, 1.82) is 0 Å². The highest BCUT2D eigenvalue weighted by atomic mass is 35.5. The number of aryl methyl sites for hydroxylation is 2. The van der Waals surface area contributed by atoms with Crippen LogP contribution < -0.4 is 5.73 Å². The van der Waals surface area contributed by atoms with E-state index >= 15 is 0 Å². The molecule has 0 bridgehead atoms. The number of fused-ring (bicyclic) bond motifs is 1. The lowest BCUT2D eigenvalue weighted by Gasteiger charge is -2.34. The summed E-state index contributed by atoms with van der Waals surface area (Å²) >= 11 is 0. The summed E-state index contributed by atoms with van der Waals surface area (Å²) in [4.78, 5) is 9.22. The molecule has 1 aromatic carbocycles. The van der Waals surface area contributed by atoms with Gasteiger partial charge in [0.25, 0.3) is 11.6 Å². The molecule has 1 aliphatic carbocycles. The summed E-state index contributed by atoms with van der Waals surface area (Å²) < 4.78 is 11.0. The molecule has 1 saturated carbocycles. The molecule has 8 heteroatoms. The van der Waals surface area contributed by atoms with Crippen molar-refractivity contribution in [3.63, 3.8) is 0 Å². The average molecular weight is 398 g/mol. The lowest BCUT2D eigenvalue weighted by atomic mass is 9.77. The van der Waals surface area contributed by atoms with E-state index in [1.165, 1.54) is 5.56 Å². The van der Waals surface area contributed by atoms with Gasteiger partial charge < -0.3 is 14.8 Å². The van der Waals surface area contributed by atoms with Gasteiger partial charge in [-0.2, -0.15) is 4.98 Å². The van der Waals surface area contributed by atoms with Crippen molar-refractivity contribution in [1.82, 2.24) is 20.3 Å². The van der Waals surface area contributed by atoms with Gasteiger partial charge in [0.05, 0.1) is 27.9 Å². The molecule has 3 heterocycles. The molecule has 4 aromatic rings. The molecule has 3 aromatic heterocycles. The van der Waals surface area contributed by atoms with Gasteiger partial charge in [-0.3, -0.25) is 0 Å². The van der Waals surface area contributed by atoms with Gasteiger partial charge >= 0.3 is 0 Å². The molecule has 0 spiro atoms. The zero-order valence-electron chi connectivity index (χ0n) is 15.6. The minimum absolute atomic E-state index is 0. The minimum atomic E-state index is -0.475. The molecular formula is C20H20ClN5O2. The summed E-state index contributed by atoms with van der Waals surface area (Å²) in [6.45, 7) is 3.92. The minimum Gasteiger partial charge on any atom is -0.335 e. The second kappa shape index (κ2) is 6.68. The molecule has 144 valence electrons. The molecule has 0 amide bonds. The summed E-state index contributed by atoms with van der Waals surface area (Å²) in [5.74, 6) is 0.966. The summed E-state index contributed by atoms with van der Waals surface area (Å²) in [6, 6.07) is 10.1. The molecule has 5 rings (SSSR count). The zero-order chi connectivity index (χ0) is 18.6. The first-order chi connectivity index (χ1) is 13.0. The van der Waals surface area contributed by atoms with Gasteiger partial charge in [0.2, 0.25) is 0 Å². The van der Waals surface area contributed by atoms with Crippen molar-refractivity contribution in [3.05, 3.63) is 47.4 Å². The second-order valence-electron chi connectivity index (χ2n) is 7.30. The van der Waals surface area contributed by atoms with E-state index in [1.807, 2.05) is 37.3 Å². The largest absolute Gasteiger partial charge is 0.335 e. The third-order valence-electron chi connectivity index (χ3n) is 5.31. The van der Waals surface area contributed by atoms with Crippen LogP contribution in [0.5, 0.6) is 0 Å². The van der Waals surface area contributed by atoms with Crippen LogP contribution in [0.15, 0.2) is 39.4 Å². The van der Waals surface area contributed by atoms with E-state index in [0.29, 0.717) is 17.4 Å². The van der Waals surface area contributed by atoms with Crippen molar-refractivity contribution in [2.75, 3.05) is 0 Å². The standard InChI is InChI=1S/C20H19N5O2.ClH/c1-11-4-6-13(7-5-11)15-10-14(16-12(2)24-27-18(16)22-15)17-23-19(25-26-17)20(21)8-3-9-20;/h4-7,10H,3,8-9,21H2,1-2H3;1H. The van der Waals surface area contributed by atoms with Gasteiger partial charge in [-0.25, -0.2) is 4.98 Å². The molecular weight excluding hydrogens is 378 g/mol. The van der Waals surface area contributed by atoms with Crippen LogP contribution in [-0.4, -0.2) is 20.3 Å². The van der Waals surface area contributed by atoms with Gasteiger partial charge in [0.15, 0.2) is 5.82 Å². The highest BCUT2D eigenvalue weighted by molar-refractivity contribution is 5.93. The Bertz CT molecular complexity index is 1150. The first kappa shape index (κ1) is 18.6. The van der Waals surface area contributed by atoms with Crippen molar-refractivity contribution in [2.45, 2.75) is 38.6 Å². The van der Waals surface area contributed by atoms with E-state index in [1.54, 1.807) is 0 Å². The molecule has 1 fully saturated rings. The number of aromatic nitrogens is 4. The average Bonchev–Trinajstić information content (AvgIpc) is 3.27. The van der Waals surface area contributed by atoms with Crippen molar-refractivity contribution in [2.24, 2.45) is 5.73 Å². The fourth-order valence-corrected chi connectivity index (χ4v) is 3.45. The Balaban J connectivity index is 0.00000192. The van der Waals surface area contributed by atoms with E-state index in [-0.39, 0.29) is 12.4 Å². The fraction of sp³-hybridized carbons (Fsp3) is 0.300. The first-order valence-electron chi connectivity index (χ1n) is 9.01. The maximum Gasteiger partial charge on any atom is 0.259 e. The van der Waals surface area contributed by atoms with Crippen molar-refractivity contribution in [3.8, 4) is 22.7 Å². The van der Waals surface area contributed by atoms with Gasteiger partial charge in [-0.05, 0) is 39.2 Å². The molecule has 2 N–H and O–H groups in total. The summed E-state index contributed by atoms with van der Waals surface area (Å²) in [5.41, 5.74) is 10.7. The topological polar surface area (TPSA) is 104 Å². The van der Waals surface area contributed by atoms with E-state index in [2.05, 4.69) is 27.2 Å². The quantitative estimate of drug-likeness (QED) is 0.549. The Morgan fingerprint density at radius 1 is 1.00 bits per heavy atom. The van der Waals surface area contributed by atoms with Crippen LogP contribution in [0.2, 0.25) is 0 Å². The lowest BCUT2D eigenvalue weighted by Crippen LogP contribution is -2.44. The number of hydrogen-bond acceptors (Lipinski definition) is 7. The molecule has 0 radical (unpaired) electrons. The SMILES string of the molecule is Cc1ccc(-c2cc(-c3nc(C4(N)CCC4)no3)c3c(C)noc3n2)cc1.Cl. The molecule has 7 nitrogen and oxygen atoms in total. The Hall–Kier alpha value is -2.77. The van der Waals surface area contributed by atoms with Gasteiger partial charge in [0.1, 0.15) is 0 Å². The van der Waals surface area contributed by atoms with E-state index < -0.39 is 5.54 Å². The predicted octanol–water partition coefficient (Wildman–Crippen LogP) is 4.32. The van der Waals surface area contributed by atoms with Crippen LogP contribution in [0.4, 0.5) is 0 Å². The third-order valence-corrected chi connectivity index (χ3v) is 5.31. The molecule has 0 aliphatic heterocycles. The number of hydrogen-bond donors (Lipinski definition) is 1. The number of nitrogens with zero attached hydrogens (tertiary/aromatic N) is 4. The molecule has 0 atom stereocenters. The molecule has 28 heavy (non-hydrogen) atoms. The Morgan fingerprint density at radius 3 is 2.43 bits per heavy atom. The lowest BCUT2D eigenvalue weighted by molar-refractivity contribution is 0.229.